The Labute approximate surface area is 143 Å². The number of nitrogens with one attached hydrogen (secondary N) is 1. The molecule has 1 unspecified atom stereocenters. The van der Waals surface area contributed by atoms with E-state index in [-0.39, 0.29) is 19.0 Å². The summed E-state index contributed by atoms with van der Waals surface area (Å²) in [5.41, 5.74) is 0.411. The van der Waals surface area contributed by atoms with Gasteiger partial charge >= 0.3 is 12.1 Å². The van der Waals surface area contributed by atoms with Crippen LogP contribution in [0.1, 0.15) is 39.7 Å². The van der Waals surface area contributed by atoms with Gasteiger partial charge in [0, 0.05) is 0 Å². The number of rotatable bonds is 8. The average molecular weight is 337 g/mol. The van der Waals surface area contributed by atoms with Gasteiger partial charge in [0.25, 0.3) is 0 Å². The number of carbonyl (C=O) groups is 2. The zero-order valence-corrected chi connectivity index (χ0v) is 14.8. The molecular formula is C18H27NO5. The highest BCUT2D eigenvalue weighted by Crippen LogP contribution is 2.08. The van der Waals surface area contributed by atoms with Crippen molar-refractivity contribution in [3.8, 4) is 0 Å². The Balaban J connectivity index is 2.53. The Bertz CT molecular complexity index is 510. The maximum absolute atomic E-state index is 11.9. The van der Waals surface area contributed by atoms with Crippen LogP contribution in [0.2, 0.25) is 0 Å². The van der Waals surface area contributed by atoms with Crippen LogP contribution in [0.15, 0.2) is 30.3 Å². The summed E-state index contributed by atoms with van der Waals surface area (Å²) in [7, 11) is 0. The molecule has 1 rings (SSSR count). The third-order valence-corrected chi connectivity index (χ3v) is 2.87. The van der Waals surface area contributed by atoms with E-state index in [0.717, 1.165) is 5.56 Å². The maximum Gasteiger partial charge on any atom is 0.407 e. The van der Waals surface area contributed by atoms with Crippen molar-refractivity contribution in [3.05, 3.63) is 35.9 Å². The van der Waals surface area contributed by atoms with Crippen molar-refractivity contribution < 1.29 is 23.8 Å². The van der Waals surface area contributed by atoms with Crippen LogP contribution in [-0.4, -0.2) is 36.9 Å². The zero-order valence-electron chi connectivity index (χ0n) is 14.8. The SMILES string of the molecule is CCOC(=O)CC(COCc1ccccc1)NC(=O)OC(C)(C)C. The lowest BCUT2D eigenvalue weighted by atomic mass is 10.2. The molecule has 0 aliphatic heterocycles. The van der Waals surface area contributed by atoms with Gasteiger partial charge in [0.2, 0.25) is 0 Å². The number of esters is 1. The van der Waals surface area contributed by atoms with Crippen LogP contribution in [0.4, 0.5) is 4.79 Å². The van der Waals surface area contributed by atoms with E-state index in [4.69, 9.17) is 14.2 Å². The van der Waals surface area contributed by atoms with Gasteiger partial charge in [0.05, 0.1) is 32.3 Å². The van der Waals surface area contributed by atoms with Crippen LogP contribution in [0.25, 0.3) is 0 Å². The molecule has 0 bridgehead atoms. The van der Waals surface area contributed by atoms with Crippen molar-refractivity contribution in [1.82, 2.24) is 5.32 Å². The molecule has 0 saturated carbocycles. The number of alkyl carbamates (subject to hydrolysis) is 1. The lowest BCUT2D eigenvalue weighted by Crippen LogP contribution is -2.42. The molecule has 0 aromatic heterocycles. The predicted molar refractivity (Wildman–Crippen MR) is 90.5 cm³/mol. The Kier molecular flexibility index (Phi) is 8.26. The fourth-order valence-corrected chi connectivity index (χ4v) is 1.94. The van der Waals surface area contributed by atoms with Crippen LogP contribution >= 0.6 is 0 Å². The van der Waals surface area contributed by atoms with Gasteiger partial charge in [-0.1, -0.05) is 30.3 Å². The van der Waals surface area contributed by atoms with E-state index in [1.54, 1.807) is 27.7 Å². The van der Waals surface area contributed by atoms with Gasteiger partial charge in [-0.05, 0) is 33.3 Å². The van der Waals surface area contributed by atoms with E-state index in [2.05, 4.69) is 5.32 Å². The summed E-state index contributed by atoms with van der Waals surface area (Å²) in [5, 5.41) is 2.66. The first-order chi connectivity index (χ1) is 11.3. The highest BCUT2D eigenvalue weighted by molar-refractivity contribution is 5.72. The number of carbonyl (C=O) groups excluding carboxylic acids is 2. The third-order valence-electron chi connectivity index (χ3n) is 2.87. The van der Waals surface area contributed by atoms with Crippen LogP contribution < -0.4 is 5.32 Å². The molecule has 0 heterocycles. The fourth-order valence-electron chi connectivity index (χ4n) is 1.94. The van der Waals surface area contributed by atoms with Crippen molar-refractivity contribution in [1.29, 1.82) is 0 Å². The molecule has 0 aliphatic rings. The molecule has 0 radical (unpaired) electrons. The van der Waals surface area contributed by atoms with Crippen molar-refractivity contribution in [3.63, 3.8) is 0 Å². The van der Waals surface area contributed by atoms with Crippen molar-refractivity contribution >= 4 is 12.1 Å². The van der Waals surface area contributed by atoms with Crippen molar-refractivity contribution in [2.24, 2.45) is 0 Å². The van der Waals surface area contributed by atoms with E-state index in [9.17, 15) is 9.59 Å². The highest BCUT2D eigenvalue weighted by atomic mass is 16.6. The molecule has 1 N–H and O–H groups in total. The van der Waals surface area contributed by atoms with Crippen molar-refractivity contribution in [2.45, 2.75) is 52.4 Å². The summed E-state index contributed by atoms with van der Waals surface area (Å²) in [4.78, 5) is 23.6. The molecule has 0 spiro atoms. The normalized spacial score (nSPS) is 12.3. The first-order valence-electron chi connectivity index (χ1n) is 8.07. The molecule has 6 nitrogen and oxygen atoms in total. The van der Waals surface area contributed by atoms with Gasteiger partial charge in [-0.25, -0.2) is 4.79 Å². The second-order valence-electron chi connectivity index (χ2n) is 6.35. The smallest absolute Gasteiger partial charge is 0.407 e. The summed E-state index contributed by atoms with van der Waals surface area (Å²) in [6, 6.07) is 9.16. The van der Waals surface area contributed by atoms with Crippen molar-refractivity contribution in [2.75, 3.05) is 13.2 Å². The third kappa shape index (κ3) is 9.15. The highest BCUT2D eigenvalue weighted by Gasteiger charge is 2.22. The number of hydrogen-bond acceptors (Lipinski definition) is 5. The predicted octanol–water partition coefficient (Wildman–Crippen LogP) is 3.05. The summed E-state index contributed by atoms with van der Waals surface area (Å²) in [6.07, 6.45) is -0.554. The van der Waals surface area contributed by atoms with Crippen LogP contribution in [0, 0.1) is 0 Å². The van der Waals surface area contributed by atoms with Gasteiger partial charge in [0.15, 0.2) is 0 Å². The summed E-state index contributed by atoms with van der Waals surface area (Å²) >= 11 is 0. The molecule has 6 heteroatoms. The molecule has 0 aliphatic carbocycles. The number of amides is 1. The van der Waals surface area contributed by atoms with E-state index < -0.39 is 17.7 Å². The van der Waals surface area contributed by atoms with Crippen LogP contribution in [-0.2, 0) is 25.6 Å². The summed E-state index contributed by atoms with van der Waals surface area (Å²) in [5.74, 6) is -0.387. The minimum absolute atomic E-state index is 0.0296. The van der Waals surface area contributed by atoms with E-state index >= 15 is 0 Å². The standard InChI is InChI=1S/C18H27NO5/c1-5-23-16(20)11-15(19-17(21)24-18(2,3)4)13-22-12-14-9-7-6-8-10-14/h6-10,15H,5,11-13H2,1-4H3,(H,19,21). The molecule has 1 atom stereocenters. The number of ether oxygens (including phenoxy) is 3. The fraction of sp³-hybridized carbons (Fsp3) is 0.556. The maximum atomic E-state index is 11.9. The zero-order chi connectivity index (χ0) is 18.0. The molecule has 1 amide bonds. The monoisotopic (exact) mass is 337 g/mol. The first kappa shape index (κ1) is 20.0. The minimum Gasteiger partial charge on any atom is -0.466 e. The quantitative estimate of drug-likeness (QED) is 0.738. The molecule has 0 fully saturated rings. The van der Waals surface area contributed by atoms with Gasteiger partial charge in [0.1, 0.15) is 5.60 Å². The second-order valence-corrected chi connectivity index (χ2v) is 6.35. The molecular weight excluding hydrogens is 310 g/mol. The molecule has 1 aromatic rings. The van der Waals surface area contributed by atoms with Crippen LogP contribution in [0.5, 0.6) is 0 Å². The van der Waals surface area contributed by atoms with Gasteiger partial charge < -0.3 is 19.5 Å². The number of benzene rings is 1. The lowest BCUT2D eigenvalue weighted by molar-refractivity contribution is -0.144. The summed E-state index contributed by atoms with van der Waals surface area (Å²) in [6.45, 7) is 7.95. The van der Waals surface area contributed by atoms with E-state index in [1.807, 2.05) is 30.3 Å². The number of hydrogen-bond donors (Lipinski definition) is 1. The Morgan fingerprint density at radius 1 is 1.17 bits per heavy atom. The van der Waals surface area contributed by atoms with E-state index in [1.165, 1.54) is 0 Å². The molecule has 1 aromatic carbocycles. The largest absolute Gasteiger partial charge is 0.466 e. The molecule has 134 valence electrons. The lowest BCUT2D eigenvalue weighted by Gasteiger charge is -2.23. The van der Waals surface area contributed by atoms with Gasteiger partial charge in [-0.2, -0.15) is 0 Å². The summed E-state index contributed by atoms with van der Waals surface area (Å²) < 4.78 is 15.8. The Morgan fingerprint density at radius 2 is 1.83 bits per heavy atom. The molecule has 0 saturated heterocycles. The Hall–Kier alpha value is -2.08. The van der Waals surface area contributed by atoms with Gasteiger partial charge in [-0.3, -0.25) is 4.79 Å². The van der Waals surface area contributed by atoms with Crippen LogP contribution in [0.3, 0.4) is 0 Å². The Morgan fingerprint density at radius 3 is 2.42 bits per heavy atom. The topological polar surface area (TPSA) is 73.9 Å². The average Bonchev–Trinajstić information content (AvgIpc) is 2.46. The minimum atomic E-state index is -0.608. The first-order valence-corrected chi connectivity index (χ1v) is 8.07. The van der Waals surface area contributed by atoms with Gasteiger partial charge in [-0.15, -0.1) is 0 Å². The van der Waals surface area contributed by atoms with E-state index in [0.29, 0.717) is 13.2 Å². The second kappa shape index (κ2) is 9.93. The molecule has 24 heavy (non-hydrogen) atoms.